The van der Waals surface area contributed by atoms with E-state index >= 15 is 0 Å². The monoisotopic (exact) mass is 400 g/mol. The molecule has 1 N–H and O–H groups in total. The second-order valence-corrected chi connectivity index (χ2v) is 7.09. The molecule has 0 atom stereocenters. The molecule has 0 fully saturated rings. The minimum Gasteiger partial charge on any atom is -0.486 e. The van der Waals surface area contributed by atoms with Crippen LogP contribution in [0, 0.1) is 0 Å². The van der Waals surface area contributed by atoms with Crippen LogP contribution in [0.1, 0.15) is 12.0 Å². The largest absolute Gasteiger partial charge is 0.486 e. The molecule has 30 heavy (non-hydrogen) atoms. The first-order chi connectivity index (χ1) is 14.7. The van der Waals surface area contributed by atoms with Crippen molar-refractivity contribution in [3.63, 3.8) is 0 Å². The molecule has 0 saturated heterocycles. The summed E-state index contributed by atoms with van der Waals surface area (Å²) < 4.78 is 16.9. The molecule has 6 heteroatoms. The van der Waals surface area contributed by atoms with Crippen molar-refractivity contribution in [2.24, 2.45) is 0 Å². The number of amides is 1. The van der Waals surface area contributed by atoms with Gasteiger partial charge in [0.2, 0.25) is 11.8 Å². The highest BCUT2D eigenvalue weighted by Gasteiger charge is 2.13. The number of hydrogen-bond donors (Lipinski definition) is 1. The SMILES string of the molecule is O=C(CCc1ccc2c(c1)OCCO2)Nc1ccc(-c2nc3ccccc3o2)cc1. The van der Waals surface area contributed by atoms with E-state index in [4.69, 9.17) is 13.9 Å². The summed E-state index contributed by atoms with van der Waals surface area (Å²) in [5, 5.41) is 2.93. The Morgan fingerprint density at radius 3 is 2.57 bits per heavy atom. The fraction of sp³-hybridized carbons (Fsp3) is 0.167. The van der Waals surface area contributed by atoms with Crippen molar-refractivity contribution >= 4 is 22.7 Å². The Morgan fingerprint density at radius 2 is 1.73 bits per heavy atom. The molecular formula is C24H20N2O4. The third-order valence-corrected chi connectivity index (χ3v) is 4.96. The van der Waals surface area contributed by atoms with E-state index in [-0.39, 0.29) is 5.91 Å². The molecule has 150 valence electrons. The standard InChI is InChI=1S/C24H20N2O4/c27-23(12-6-16-5-11-21-22(15-16)29-14-13-28-21)25-18-9-7-17(8-10-18)24-26-19-3-1-2-4-20(19)30-24/h1-5,7-11,15H,6,12-14H2,(H,25,27). The van der Waals surface area contributed by atoms with Crippen molar-refractivity contribution in [1.29, 1.82) is 0 Å². The van der Waals surface area contributed by atoms with Gasteiger partial charge in [0.05, 0.1) is 0 Å². The molecule has 4 aromatic rings. The van der Waals surface area contributed by atoms with Gasteiger partial charge in [-0.3, -0.25) is 4.79 Å². The molecule has 1 aliphatic rings. The number of para-hydroxylation sites is 2. The van der Waals surface area contributed by atoms with Gasteiger partial charge >= 0.3 is 0 Å². The van der Waals surface area contributed by atoms with Crippen molar-refractivity contribution in [3.05, 3.63) is 72.3 Å². The van der Waals surface area contributed by atoms with Gasteiger partial charge in [0.25, 0.3) is 0 Å². The number of benzene rings is 3. The van der Waals surface area contributed by atoms with Gasteiger partial charge in [0.15, 0.2) is 17.1 Å². The third-order valence-electron chi connectivity index (χ3n) is 4.96. The van der Waals surface area contributed by atoms with Crippen LogP contribution in [0.4, 0.5) is 5.69 Å². The number of carbonyl (C=O) groups is 1. The Kier molecular flexibility index (Phi) is 4.81. The number of nitrogens with zero attached hydrogens (tertiary/aromatic N) is 1. The number of aryl methyl sites for hydroxylation is 1. The Morgan fingerprint density at radius 1 is 0.933 bits per heavy atom. The highest BCUT2D eigenvalue weighted by molar-refractivity contribution is 5.91. The van der Waals surface area contributed by atoms with E-state index in [9.17, 15) is 4.79 Å². The van der Waals surface area contributed by atoms with Gasteiger partial charge in [-0.2, -0.15) is 0 Å². The lowest BCUT2D eigenvalue weighted by Crippen LogP contribution is -2.15. The predicted molar refractivity (Wildman–Crippen MR) is 114 cm³/mol. The molecule has 0 saturated carbocycles. The second-order valence-electron chi connectivity index (χ2n) is 7.09. The normalized spacial score (nSPS) is 12.7. The van der Waals surface area contributed by atoms with Crippen LogP contribution in [0.15, 0.2) is 71.1 Å². The molecule has 0 radical (unpaired) electrons. The van der Waals surface area contributed by atoms with Gasteiger partial charge in [-0.1, -0.05) is 18.2 Å². The maximum absolute atomic E-state index is 12.3. The average Bonchev–Trinajstić information content (AvgIpc) is 3.22. The Labute approximate surface area is 173 Å². The van der Waals surface area contributed by atoms with E-state index in [1.165, 1.54) is 0 Å². The van der Waals surface area contributed by atoms with Crippen molar-refractivity contribution in [2.45, 2.75) is 12.8 Å². The van der Waals surface area contributed by atoms with Crippen molar-refractivity contribution in [3.8, 4) is 23.0 Å². The Balaban J connectivity index is 1.20. The predicted octanol–water partition coefficient (Wildman–Crippen LogP) is 4.84. The number of anilines is 1. The zero-order chi connectivity index (χ0) is 20.3. The summed E-state index contributed by atoms with van der Waals surface area (Å²) in [6.07, 6.45) is 1.01. The van der Waals surface area contributed by atoms with Gasteiger partial charge in [0, 0.05) is 17.7 Å². The molecule has 0 aliphatic carbocycles. The first-order valence-corrected chi connectivity index (χ1v) is 9.89. The van der Waals surface area contributed by atoms with E-state index in [0.717, 1.165) is 39.4 Å². The summed E-state index contributed by atoms with van der Waals surface area (Å²) in [5.41, 5.74) is 4.22. The number of ether oxygens (including phenoxy) is 2. The van der Waals surface area contributed by atoms with Crippen LogP contribution in [-0.2, 0) is 11.2 Å². The molecular weight excluding hydrogens is 380 g/mol. The van der Waals surface area contributed by atoms with Crippen LogP contribution in [-0.4, -0.2) is 24.1 Å². The first-order valence-electron chi connectivity index (χ1n) is 9.89. The van der Waals surface area contributed by atoms with Crippen LogP contribution >= 0.6 is 0 Å². The molecule has 1 aromatic heterocycles. The average molecular weight is 400 g/mol. The Hall–Kier alpha value is -3.80. The van der Waals surface area contributed by atoms with Crippen LogP contribution in [0.3, 0.4) is 0 Å². The van der Waals surface area contributed by atoms with Gasteiger partial charge < -0.3 is 19.2 Å². The van der Waals surface area contributed by atoms with Crippen molar-refractivity contribution in [2.75, 3.05) is 18.5 Å². The van der Waals surface area contributed by atoms with E-state index in [1.54, 1.807) is 0 Å². The summed E-state index contributed by atoms with van der Waals surface area (Å²) in [7, 11) is 0. The second kappa shape index (κ2) is 7.91. The highest BCUT2D eigenvalue weighted by Crippen LogP contribution is 2.31. The lowest BCUT2D eigenvalue weighted by atomic mass is 10.1. The number of carbonyl (C=O) groups excluding carboxylic acids is 1. The number of nitrogens with one attached hydrogen (secondary N) is 1. The maximum Gasteiger partial charge on any atom is 0.227 e. The smallest absolute Gasteiger partial charge is 0.227 e. The Bertz CT molecular complexity index is 1160. The molecule has 3 aromatic carbocycles. The fourth-order valence-electron chi connectivity index (χ4n) is 3.42. The molecule has 6 nitrogen and oxygen atoms in total. The quantitative estimate of drug-likeness (QED) is 0.519. The number of oxazole rings is 1. The van der Waals surface area contributed by atoms with Gasteiger partial charge in [-0.25, -0.2) is 4.98 Å². The molecule has 1 aliphatic heterocycles. The van der Waals surface area contributed by atoms with Gasteiger partial charge in [-0.15, -0.1) is 0 Å². The molecule has 1 amide bonds. The summed E-state index contributed by atoms with van der Waals surface area (Å²) in [6, 6.07) is 20.9. The van der Waals surface area contributed by atoms with E-state index in [0.29, 0.717) is 31.9 Å². The van der Waals surface area contributed by atoms with Crippen LogP contribution in [0.2, 0.25) is 0 Å². The molecule has 0 bridgehead atoms. The lowest BCUT2D eigenvalue weighted by Gasteiger charge is -2.18. The van der Waals surface area contributed by atoms with Gasteiger partial charge in [0.1, 0.15) is 18.7 Å². The summed E-state index contributed by atoms with van der Waals surface area (Å²) >= 11 is 0. The first kappa shape index (κ1) is 18.2. The van der Waals surface area contributed by atoms with E-state index in [2.05, 4.69) is 10.3 Å². The fourth-order valence-corrected chi connectivity index (χ4v) is 3.42. The maximum atomic E-state index is 12.3. The van der Waals surface area contributed by atoms with Crippen molar-refractivity contribution in [1.82, 2.24) is 4.98 Å². The lowest BCUT2D eigenvalue weighted by molar-refractivity contribution is -0.116. The highest BCUT2D eigenvalue weighted by atomic mass is 16.6. The number of fused-ring (bicyclic) bond motifs is 2. The summed E-state index contributed by atoms with van der Waals surface area (Å²) in [5.74, 6) is 2.02. The number of aromatic nitrogens is 1. The molecule has 0 spiro atoms. The third kappa shape index (κ3) is 3.85. The topological polar surface area (TPSA) is 73.6 Å². The van der Waals surface area contributed by atoms with Crippen LogP contribution in [0.25, 0.3) is 22.6 Å². The number of rotatable bonds is 5. The molecule has 0 unspecified atom stereocenters. The summed E-state index contributed by atoms with van der Waals surface area (Å²) in [6.45, 7) is 1.12. The van der Waals surface area contributed by atoms with E-state index in [1.807, 2.05) is 66.7 Å². The molecule has 2 heterocycles. The minimum absolute atomic E-state index is 0.0421. The van der Waals surface area contributed by atoms with Gasteiger partial charge in [-0.05, 0) is 60.5 Å². The van der Waals surface area contributed by atoms with Crippen LogP contribution < -0.4 is 14.8 Å². The zero-order valence-electron chi connectivity index (χ0n) is 16.3. The summed E-state index contributed by atoms with van der Waals surface area (Å²) in [4.78, 5) is 16.8. The van der Waals surface area contributed by atoms with Crippen LogP contribution in [0.5, 0.6) is 11.5 Å². The zero-order valence-corrected chi connectivity index (χ0v) is 16.3. The van der Waals surface area contributed by atoms with Crippen molar-refractivity contribution < 1.29 is 18.7 Å². The minimum atomic E-state index is -0.0421. The van der Waals surface area contributed by atoms with E-state index < -0.39 is 0 Å². The number of hydrogen-bond acceptors (Lipinski definition) is 5. The molecule has 5 rings (SSSR count).